The summed E-state index contributed by atoms with van der Waals surface area (Å²) in [5, 5.41) is 3.04. The highest BCUT2D eigenvalue weighted by atomic mass is 32.2. The van der Waals surface area contributed by atoms with E-state index in [1.165, 1.54) is 11.3 Å². The Hall–Kier alpha value is -0.470. The first kappa shape index (κ1) is 14.9. The van der Waals surface area contributed by atoms with Crippen LogP contribution in [0.25, 0.3) is 0 Å². The fourth-order valence-electron chi connectivity index (χ4n) is 2.18. The van der Waals surface area contributed by atoms with Gasteiger partial charge in [-0.25, -0.2) is 8.42 Å². The van der Waals surface area contributed by atoms with Gasteiger partial charge in [-0.15, -0.1) is 11.3 Å². The minimum Gasteiger partial charge on any atom is -0.315 e. The van der Waals surface area contributed by atoms with Gasteiger partial charge in [0.15, 0.2) is 0 Å². The second-order valence-electron chi connectivity index (χ2n) is 4.59. The quantitative estimate of drug-likeness (QED) is 0.874. The monoisotopic (exact) mass is 303 g/mol. The van der Waals surface area contributed by atoms with Crippen molar-refractivity contribution in [3.8, 4) is 0 Å². The molecule has 2 heterocycles. The van der Waals surface area contributed by atoms with Gasteiger partial charge >= 0.3 is 0 Å². The molecule has 0 amide bonds. The topological polar surface area (TPSA) is 52.7 Å². The molecule has 0 aliphatic carbocycles. The smallest absolute Gasteiger partial charge is 0.252 e. The number of sulfonamides is 1. The maximum atomic E-state index is 12.5. The van der Waals surface area contributed by atoms with Crippen molar-refractivity contribution in [3.05, 3.63) is 17.0 Å². The SMILES string of the molecule is CCN1CCN(S(=O)(=O)c2ccc(CNC)s2)CC1. The highest BCUT2D eigenvalue weighted by Crippen LogP contribution is 2.25. The van der Waals surface area contributed by atoms with Gasteiger partial charge in [0, 0.05) is 37.6 Å². The average molecular weight is 303 g/mol. The number of nitrogens with zero attached hydrogens (tertiary/aromatic N) is 2. The van der Waals surface area contributed by atoms with Crippen LogP contribution in [0.1, 0.15) is 11.8 Å². The van der Waals surface area contributed by atoms with Crippen molar-refractivity contribution in [2.75, 3.05) is 39.8 Å². The predicted molar refractivity (Wildman–Crippen MR) is 78.0 cm³/mol. The lowest BCUT2D eigenvalue weighted by Gasteiger charge is -2.32. The first-order valence-electron chi connectivity index (χ1n) is 6.53. The number of hydrogen-bond acceptors (Lipinski definition) is 5. The van der Waals surface area contributed by atoms with Crippen molar-refractivity contribution >= 4 is 21.4 Å². The zero-order valence-corrected chi connectivity index (χ0v) is 13.1. The van der Waals surface area contributed by atoms with Crippen molar-refractivity contribution in [1.82, 2.24) is 14.5 Å². The number of likely N-dealkylation sites (N-methyl/N-ethyl adjacent to an activating group) is 1. The standard InChI is InChI=1S/C12H21N3O2S2/c1-3-14-6-8-15(9-7-14)19(16,17)12-5-4-11(18-12)10-13-2/h4-5,13H,3,6-10H2,1-2H3. The molecule has 1 N–H and O–H groups in total. The van der Waals surface area contributed by atoms with E-state index in [4.69, 9.17) is 0 Å². The molecule has 0 bridgehead atoms. The number of nitrogens with one attached hydrogen (secondary N) is 1. The number of hydrogen-bond donors (Lipinski definition) is 1. The Kier molecular flexibility index (Phi) is 4.97. The number of rotatable bonds is 5. The highest BCUT2D eigenvalue weighted by Gasteiger charge is 2.29. The number of piperazine rings is 1. The van der Waals surface area contributed by atoms with Crippen LogP contribution in [0.4, 0.5) is 0 Å². The lowest BCUT2D eigenvalue weighted by molar-refractivity contribution is 0.196. The van der Waals surface area contributed by atoms with Crippen LogP contribution >= 0.6 is 11.3 Å². The van der Waals surface area contributed by atoms with E-state index in [2.05, 4.69) is 17.1 Å². The molecule has 1 aromatic rings. The minimum absolute atomic E-state index is 0.461. The van der Waals surface area contributed by atoms with Crippen LogP contribution in [-0.4, -0.2) is 57.4 Å². The van der Waals surface area contributed by atoms with Crippen LogP contribution in [0.5, 0.6) is 0 Å². The summed E-state index contributed by atoms with van der Waals surface area (Å²) in [6.45, 7) is 6.64. The van der Waals surface area contributed by atoms with Gasteiger partial charge in [-0.2, -0.15) is 4.31 Å². The molecule has 1 aliphatic heterocycles. The zero-order valence-electron chi connectivity index (χ0n) is 11.4. The Labute approximate surface area is 119 Å². The molecule has 2 rings (SSSR count). The Balaban J connectivity index is 2.09. The lowest BCUT2D eigenvalue weighted by atomic mass is 10.4. The summed E-state index contributed by atoms with van der Waals surface area (Å²) >= 11 is 1.36. The summed E-state index contributed by atoms with van der Waals surface area (Å²) in [4.78, 5) is 3.32. The van der Waals surface area contributed by atoms with E-state index in [0.717, 1.165) is 24.5 Å². The Morgan fingerprint density at radius 2 is 1.95 bits per heavy atom. The van der Waals surface area contributed by atoms with Gasteiger partial charge in [-0.05, 0) is 25.7 Å². The molecule has 19 heavy (non-hydrogen) atoms. The molecule has 0 saturated carbocycles. The van der Waals surface area contributed by atoms with Crippen LogP contribution < -0.4 is 5.32 Å². The zero-order chi connectivity index (χ0) is 13.9. The molecule has 108 valence electrons. The first-order valence-corrected chi connectivity index (χ1v) is 8.79. The second kappa shape index (κ2) is 6.32. The van der Waals surface area contributed by atoms with Crippen LogP contribution in [0.3, 0.4) is 0 Å². The van der Waals surface area contributed by atoms with Crippen molar-refractivity contribution < 1.29 is 8.42 Å². The fraction of sp³-hybridized carbons (Fsp3) is 0.667. The van der Waals surface area contributed by atoms with Crippen molar-refractivity contribution in [2.45, 2.75) is 17.7 Å². The molecule has 1 saturated heterocycles. The van der Waals surface area contributed by atoms with Crippen LogP contribution in [-0.2, 0) is 16.6 Å². The van der Waals surface area contributed by atoms with Gasteiger partial charge in [-0.1, -0.05) is 6.92 Å². The summed E-state index contributed by atoms with van der Waals surface area (Å²) in [7, 11) is -1.43. The van der Waals surface area contributed by atoms with Crippen molar-refractivity contribution in [2.24, 2.45) is 0 Å². The summed E-state index contributed by atoms with van der Waals surface area (Å²) in [5.74, 6) is 0. The molecule has 5 nitrogen and oxygen atoms in total. The minimum atomic E-state index is -3.29. The highest BCUT2D eigenvalue weighted by molar-refractivity contribution is 7.91. The maximum Gasteiger partial charge on any atom is 0.252 e. The molecule has 0 unspecified atom stereocenters. The second-order valence-corrected chi connectivity index (χ2v) is 7.92. The van der Waals surface area contributed by atoms with Gasteiger partial charge in [0.05, 0.1) is 0 Å². The first-order chi connectivity index (χ1) is 9.07. The largest absolute Gasteiger partial charge is 0.315 e. The van der Waals surface area contributed by atoms with Gasteiger partial charge in [0.1, 0.15) is 4.21 Å². The van der Waals surface area contributed by atoms with Gasteiger partial charge in [0.2, 0.25) is 0 Å². The molecule has 1 aromatic heterocycles. The third-order valence-electron chi connectivity index (χ3n) is 3.36. The molecule has 7 heteroatoms. The summed E-state index contributed by atoms with van der Waals surface area (Å²) < 4.78 is 27.1. The van der Waals surface area contributed by atoms with E-state index in [1.54, 1.807) is 10.4 Å². The Morgan fingerprint density at radius 1 is 1.26 bits per heavy atom. The van der Waals surface area contributed by atoms with E-state index >= 15 is 0 Å². The molecule has 1 fully saturated rings. The maximum absolute atomic E-state index is 12.5. The Bertz CT molecular complexity index is 505. The van der Waals surface area contributed by atoms with Crippen LogP contribution in [0, 0.1) is 0 Å². The molecule has 0 spiro atoms. The van der Waals surface area contributed by atoms with E-state index in [1.807, 2.05) is 13.1 Å². The van der Waals surface area contributed by atoms with Crippen molar-refractivity contribution in [1.29, 1.82) is 0 Å². The molecule has 0 atom stereocenters. The van der Waals surface area contributed by atoms with Gasteiger partial charge < -0.3 is 10.2 Å². The Morgan fingerprint density at radius 3 is 2.53 bits per heavy atom. The van der Waals surface area contributed by atoms with Crippen LogP contribution in [0.15, 0.2) is 16.3 Å². The fourth-order valence-corrected chi connectivity index (χ4v) is 5.12. The van der Waals surface area contributed by atoms with E-state index in [0.29, 0.717) is 23.8 Å². The summed E-state index contributed by atoms with van der Waals surface area (Å²) in [6, 6.07) is 3.61. The molecule has 0 aromatic carbocycles. The predicted octanol–water partition coefficient (Wildman–Crippen LogP) is 0.794. The third kappa shape index (κ3) is 3.35. The molecular weight excluding hydrogens is 282 g/mol. The van der Waals surface area contributed by atoms with Crippen molar-refractivity contribution in [3.63, 3.8) is 0 Å². The number of thiophene rings is 1. The molecule has 0 radical (unpaired) electrons. The van der Waals surface area contributed by atoms with Crippen LogP contribution in [0.2, 0.25) is 0 Å². The molecule has 1 aliphatic rings. The van der Waals surface area contributed by atoms with E-state index in [-0.39, 0.29) is 0 Å². The summed E-state index contributed by atoms with van der Waals surface area (Å²) in [6.07, 6.45) is 0. The molecular formula is C12H21N3O2S2. The lowest BCUT2D eigenvalue weighted by Crippen LogP contribution is -2.48. The average Bonchev–Trinajstić information content (AvgIpc) is 2.89. The third-order valence-corrected chi connectivity index (χ3v) is 6.81. The van der Waals surface area contributed by atoms with E-state index < -0.39 is 10.0 Å². The van der Waals surface area contributed by atoms with Gasteiger partial charge in [0.25, 0.3) is 10.0 Å². The summed E-state index contributed by atoms with van der Waals surface area (Å²) in [5.41, 5.74) is 0. The van der Waals surface area contributed by atoms with Gasteiger partial charge in [-0.3, -0.25) is 0 Å². The normalized spacial score (nSPS) is 18.8. The van der Waals surface area contributed by atoms with E-state index in [9.17, 15) is 8.42 Å².